The SMILES string of the molecule is C/C=C/C=C(\CCC)c1ccc(OC)cc1. The zero-order chi connectivity index (χ0) is 11.8. The van der Waals surface area contributed by atoms with Crippen molar-refractivity contribution in [3.63, 3.8) is 0 Å². The fourth-order valence-electron chi connectivity index (χ4n) is 1.61. The van der Waals surface area contributed by atoms with E-state index in [0.717, 1.165) is 18.6 Å². The van der Waals surface area contributed by atoms with Gasteiger partial charge >= 0.3 is 0 Å². The molecule has 0 saturated carbocycles. The summed E-state index contributed by atoms with van der Waals surface area (Å²) in [4.78, 5) is 0. The lowest BCUT2D eigenvalue weighted by molar-refractivity contribution is 0.415. The summed E-state index contributed by atoms with van der Waals surface area (Å²) in [6.45, 7) is 4.24. The molecule has 0 spiro atoms. The highest BCUT2D eigenvalue weighted by Gasteiger charge is 1.99. The van der Waals surface area contributed by atoms with Crippen molar-refractivity contribution in [2.45, 2.75) is 26.7 Å². The van der Waals surface area contributed by atoms with Gasteiger partial charge in [-0.15, -0.1) is 0 Å². The maximum atomic E-state index is 5.16. The summed E-state index contributed by atoms with van der Waals surface area (Å²) in [6, 6.07) is 8.25. The second-order valence-corrected chi connectivity index (χ2v) is 3.70. The largest absolute Gasteiger partial charge is 0.497 e. The van der Waals surface area contributed by atoms with Gasteiger partial charge in [0.1, 0.15) is 5.75 Å². The second kappa shape index (κ2) is 6.89. The van der Waals surface area contributed by atoms with E-state index in [1.807, 2.05) is 19.1 Å². The number of methoxy groups -OCH3 is 1. The molecule has 0 aromatic heterocycles. The maximum Gasteiger partial charge on any atom is 0.118 e. The fourth-order valence-corrected chi connectivity index (χ4v) is 1.61. The lowest BCUT2D eigenvalue weighted by Gasteiger charge is -2.07. The van der Waals surface area contributed by atoms with Gasteiger partial charge in [-0.1, -0.05) is 43.7 Å². The Kier molecular flexibility index (Phi) is 5.41. The van der Waals surface area contributed by atoms with Crippen LogP contribution in [0.4, 0.5) is 0 Å². The molecule has 0 saturated heterocycles. The molecule has 1 aromatic carbocycles. The smallest absolute Gasteiger partial charge is 0.118 e. The van der Waals surface area contributed by atoms with Gasteiger partial charge in [0.25, 0.3) is 0 Å². The predicted molar refractivity (Wildman–Crippen MR) is 70.7 cm³/mol. The highest BCUT2D eigenvalue weighted by Crippen LogP contribution is 2.22. The molecule has 1 nitrogen and oxygen atoms in total. The van der Waals surface area contributed by atoms with Gasteiger partial charge in [-0.25, -0.2) is 0 Å². The number of benzene rings is 1. The number of hydrogen-bond acceptors (Lipinski definition) is 1. The molecule has 86 valence electrons. The molecule has 1 rings (SSSR count). The van der Waals surface area contributed by atoms with Gasteiger partial charge in [-0.3, -0.25) is 0 Å². The monoisotopic (exact) mass is 216 g/mol. The minimum Gasteiger partial charge on any atom is -0.497 e. The Labute approximate surface area is 98.5 Å². The van der Waals surface area contributed by atoms with Gasteiger partial charge in [-0.2, -0.15) is 0 Å². The Morgan fingerprint density at radius 2 is 1.94 bits per heavy atom. The van der Waals surface area contributed by atoms with E-state index in [4.69, 9.17) is 4.74 Å². The summed E-state index contributed by atoms with van der Waals surface area (Å²) >= 11 is 0. The Hall–Kier alpha value is -1.50. The van der Waals surface area contributed by atoms with Crippen molar-refractivity contribution in [2.24, 2.45) is 0 Å². The molecule has 0 aliphatic rings. The summed E-state index contributed by atoms with van der Waals surface area (Å²) in [5.74, 6) is 0.908. The van der Waals surface area contributed by atoms with E-state index >= 15 is 0 Å². The summed E-state index contributed by atoms with van der Waals surface area (Å²) in [6.07, 6.45) is 8.60. The quantitative estimate of drug-likeness (QED) is 0.660. The van der Waals surface area contributed by atoms with Gasteiger partial charge in [0, 0.05) is 0 Å². The molecule has 0 atom stereocenters. The van der Waals surface area contributed by atoms with Gasteiger partial charge in [0.2, 0.25) is 0 Å². The van der Waals surface area contributed by atoms with Crippen LogP contribution in [-0.2, 0) is 0 Å². The molecule has 1 heteroatoms. The van der Waals surface area contributed by atoms with Crippen molar-refractivity contribution < 1.29 is 4.74 Å². The van der Waals surface area contributed by atoms with Crippen molar-refractivity contribution in [3.05, 3.63) is 48.1 Å². The van der Waals surface area contributed by atoms with Crippen molar-refractivity contribution in [1.82, 2.24) is 0 Å². The zero-order valence-electron chi connectivity index (χ0n) is 10.4. The minimum absolute atomic E-state index is 0.908. The van der Waals surface area contributed by atoms with Crippen LogP contribution in [0.2, 0.25) is 0 Å². The number of hydrogen-bond donors (Lipinski definition) is 0. The summed E-state index contributed by atoms with van der Waals surface area (Å²) < 4.78 is 5.16. The van der Waals surface area contributed by atoms with E-state index in [9.17, 15) is 0 Å². The maximum absolute atomic E-state index is 5.16. The Morgan fingerprint density at radius 3 is 2.44 bits per heavy atom. The van der Waals surface area contributed by atoms with Crippen LogP contribution in [0.3, 0.4) is 0 Å². The number of allylic oxidation sites excluding steroid dienone is 4. The van der Waals surface area contributed by atoms with Gasteiger partial charge in [0.15, 0.2) is 0 Å². The first-order valence-corrected chi connectivity index (χ1v) is 5.78. The van der Waals surface area contributed by atoms with E-state index < -0.39 is 0 Å². The molecule has 0 unspecified atom stereocenters. The third-order valence-electron chi connectivity index (χ3n) is 2.47. The molecule has 0 aliphatic carbocycles. The molecule has 0 heterocycles. The van der Waals surface area contributed by atoms with Crippen molar-refractivity contribution >= 4 is 5.57 Å². The normalized spacial score (nSPS) is 12.1. The topological polar surface area (TPSA) is 9.23 Å². The Balaban J connectivity index is 2.92. The van der Waals surface area contributed by atoms with Crippen molar-refractivity contribution in [2.75, 3.05) is 7.11 Å². The first kappa shape index (κ1) is 12.6. The average molecular weight is 216 g/mol. The summed E-state index contributed by atoms with van der Waals surface area (Å²) in [7, 11) is 1.69. The molecule has 1 aromatic rings. The van der Waals surface area contributed by atoms with Crippen molar-refractivity contribution in [3.8, 4) is 5.75 Å². The number of ether oxygens (including phenoxy) is 1. The third kappa shape index (κ3) is 3.58. The van der Waals surface area contributed by atoms with Crippen LogP contribution in [0.1, 0.15) is 32.3 Å². The molecule has 0 amide bonds. The highest BCUT2D eigenvalue weighted by molar-refractivity contribution is 5.67. The standard InChI is InChI=1S/C15H20O/c1-4-6-8-13(7-5-2)14-9-11-15(16-3)12-10-14/h4,6,8-12H,5,7H2,1-3H3/b6-4+,13-8+. The average Bonchev–Trinajstić information content (AvgIpc) is 2.35. The van der Waals surface area contributed by atoms with Crippen LogP contribution in [-0.4, -0.2) is 7.11 Å². The molecule has 0 fully saturated rings. The Morgan fingerprint density at radius 1 is 1.25 bits per heavy atom. The number of rotatable bonds is 5. The second-order valence-electron chi connectivity index (χ2n) is 3.70. The van der Waals surface area contributed by atoms with E-state index in [1.165, 1.54) is 11.1 Å². The Bertz CT molecular complexity index is 358. The highest BCUT2D eigenvalue weighted by atomic mass is 16.5. The van der Waals surface area contributed by atoms with Crippen LogP contribution in [0.5, 0.6) is 5.75 Å². The van der Waals surface area contributed by atoms with Gasteiger partial charge < -0.3 is 4.74 Å². The van der Waals surface area contributed by atoms with E-state index in [0.29, 0.717) is 0 Å². The first-order valence-electron chi connectivity index (χ1n) is 5.78. The van der Waals surface area contributed by atoms with Crippen molar-refractivity contribution in [1.29, 1.82) is 0 Å². The lowest BCUT2D eigenvalue weighted by atomic mass is 10.0. The molecule has 0 bridgehead atoms. The zero-order valence-corrected chi connectivity index (χ0v) is 10.4. The third-order valence-corrected chi connectivity index (χ3v) is 2.47. The van der Waals surface area contributed by atoms with Crippen LogP contribution in [0.15, 0.2) is 42.5 Å². The molecule has 0 N–H and O–H groups in total. The van der Waals surface area contributed by atoms with E-state index in [2.05, 4.69) is 37.3 Å². The van der Waals surface area contributed by atoms with Crippen LogP contribution in [0, 0.1) is 0 Å². The van der Waals surface area contributed by atoms with E-state index in [-0.39, 0.29) is 0 Å². The minimum atomic E-state index is 0.908. The predicted octanol–water partition coefficient (Wildman–Crippen LogP) is 4.45. The molecule has 0 radical (unpaired) electrons. The fraction of sp³-hybridized carbons (Fsp3) is 0.333. The van der Waals surface area contributed by atoms with Gasteiger partial charge in [-0.05, 0) is 36.6 Å². The first-order chi connectivity index (χ1) is 7.81. The van der Waals surface area contributed by atoms with Crippen LogP contribution < -0.4 is 4.74 Å². The van der Waals surface area contributed by atoms with E-state index in [1.54, 1.807) is 7.11 Å². The van der Waals surface area contributed by atoms with Crippen LogP contribution in [0.25, 0.3) is 5.57 Å². The molecular formula is C15H20O. The molecular weight excluding hydrogens is 196 g/mol. The summed E-state index contributed by atoms with van der Waals surface area (Å²) in [5, 5.41) is 0. The lowest BCUT2D eigenvalue weighted by Crippen LogP contribution is -1.86. The van der Waals surface area contributed by atoms with Crippen LogP contribution >= 0.6 is 0 Å². The molecule has 16 heavy (non-hydrogen) atoms. The molecule has 0 aliphatic heterocycles. The summed E-state index contributed by atoms with van der Waals surface area (Å²) in [5.41, 5.74) is 2.66. The van der Waals surface area contributed by atoms with Gasteiger partial charge in [0.05, 0.1) is 7.11 Å².